The van der Waals surface area contributed by atoms with Gasteiger partial charge in [-0.05, 0) is 25.0 Å². The molecule has 15 heavy (non-hydrogen) atoms. The highest BCUT2D eigenvalue weighted by Gasteiger charge is 2.26. The minimum absolute atomic E-state index is 0.182. The van der Waals surface area contributed by atoms with E-state index in [0.717, 1.165) is 25.0 Å². The highest BCUT2D eigenvalue weighted by atomic mass is 32.2. The summed E-state index contributed by atoms with van der Waals surface area (Å²) >= 11 is 1.67. The largest absolute Gasteiger partial charge is 0.395 e. The molecule has 4 N–H and O–H groups in total. The molecule has 4 nitrogen and oxygen atoms in total. The molecule has 0 bridgehead atoms. The number of aliphatic hydroxyl groups is 1. The predicted octanol–water partition coefficient (Wildman–Crippen LogP) is 0.0964. The fourth-order valence-corrected chi connectivity index (χ4v) is 2.16. The van der Waals surface area contributed by atoms with E-state index in [1.165, 1.54) is 0 Å². The Hall–Kier alpha value is -0.260. The van der Waals surface area contributed by atoms with E-state index in [2.05, 4.69) is 5.32 Å². The SMILES string of the molecule is CC(CO)SCCC(NC1CC1)C(N)=O. The lowest BCUT2D eigenvalue weighted by atomic mass is 10.2. The summed E-state index contributed by atoms with van der Waals surface area (Å²) in [5.74, 6) is 0.592. The number of hydrogen-bond donors (Lipinski definition) is 3. The third-order valence-electron chi connectivity index (χ3n) is 2.42. The average Bonchev–Trinajstić information content (AvgIpc) is 2.99. The van der Waals surface area contributed by atoms with Crippen molar-refractivity contribution in [1.82, 2.24) is 5.32 Å². The summed E-state index contributed by atoms with van der Waals surface area (Å²) in [7, 11) is 0. The number of nitrogens with one attached hydrogen (secondary N) is 1. The first-order valence-electron chi connectivity index (χ1n) is 5.41. The minimum Gasteiger partial charge on any atom is -0.395 e. The van der Waals surface area contributed by atoms with Crippen molar-refractivity contribution in [3.63, 3.8) is 0 Å². The van der Waals surface area contributed by atoms with Gasteiger partial charge >= 0.3 is 0 Å². The van der Waals surface area contributed by atoms with Crippen LogP contribution in [-0.2, 0) is 4.79 Å². The smallest absolute Gasteiger partial charge is 0.234 e. The van der Waals surface area contributed by atoms with Gasteiger partial charge in [-0.25, -0.2) is 0 Å². The molecule has 0 aliphatic heterocycles. The van der Waals surface area contributed by atoms with Gasteiger partial charge in [-0.2, -0.15) is 11.8 Å². The summed E-state index contributed by atoms with van der Waals surface area (Å²) in [4.78, 5) is 11.1. The molecule has 0 aromatic rings. The van der Waals surface area contributed by atoms with Crippen molar-refractivity contribution in [2.75, 3.05) is 12.4 Å². The van der Waals surface area contributed by atoms with Gasteiger partial charge in [0, 0.05) is 11.3 Å². The third-order valence-corrected chi connectivity index (χ3v) is 3.61. The molecule has 2 unspecified atom stereocenters. The lowest BCUT2D eigenvalue weighted by molar-refractivity contribution is -0.120. The van der Waals surface area contributed by atoms with Gasteiger partial charge in [0.1, 0.15) is 0 Å². The van der Waals surface area contributed by atoms with Crippen molar-refractivity contribution in [2.24, 2.45) is 5.73 Å². The lowest BCUT2D eigenvalue weighted by Gasteiger charge is -2.15. The van der Waals surface area contributed by atoms with Gasteiger partial charge in [-0.1, -0.05) is 6.92 Å². The molecule has 1 aliphatic rings. The normalized spacial score (nSPS) is 19.9. The Morgan fingerprint density at radius 1 is 1.67 bits per heavy atom. The number of carbonyl (C=O) groups excluding carboxylic acids is 1. The molecule has 1 amide bonds. The van der Waals surface area contributed by atoms with Crippen molar-refractivity contribution >= 4 is 17.7 Å². The predicted molar refractivity (Wildman–Crippen MR) is 62.8 cm³/mol. The second-order valence-corrected chi connectivity index (χ2v) is 5.59. The number of hydrogen-bond acceptors (Lipinski definition) is 4. The Morgan fingerprint density at radius 2 is 2.33 bits per heavy atom. The van der Waals surface area contributed by atoms with Gasteiger partial charge in [-0.3, -0.25) is 4.79 Å². The Bertz CT molecular complexity index is 210. The molecule has 0 aromatic heterocycles. The van der Waals surface area contributed by atoms with Crippen molar-refractivity contribution in [2.45, 2.75) is 43.5 Å². The van der Waals surface area contributed by atoms with Crippen LogP contribution >= 0.6 is 11.8 Å². The molecule has 0 spiro atoms. The molecule has 88 valence electrons. The third kappa shape index (κ3) is 5.39. The molecule has 1 rings (SSSR count). The van der Waals surface area contributed by atoms with Crippen molar-refractivity contribution in [1.29, 1.82) is 0 Å². The van der Waals surface area contributed by atoms with E-state index in [4.69, 9.17) is 10.8 Å². The van der Waals surface area contributed by atoms with Gasteiger partial charge in [0.05, 0.1) is 12.6 Å². The van der Waals surface area contributed by atoms with Gasteiger partial charge in [0.15, 0.2) is 0 Å². The van der Waals surface area contributed by atoms with Gasteiger partial charge in [0.2, 0.25) is 5.91 Å². The van der Waals surface area contributed by atoms with Gasteiger partial charge < -0.3 is 16.2 Å². The van der Waals surface area contributed by atoms with E-state index in [-0.39, 0.29) is 23.8 Å². The summed E-state index contributed by atoms with van der Waals surface area (Å²) in [6.45, 7) is 2.15. The van der Waals surface area contributed by atoms with Crippen molar-refractivity contribution < 1.29 is 9.90 Å². The number of thioether (sulfide) groups is 1. The number of amides is 1. The number of rotatable bonds is 8. The highest BCUT2D eigenvalue weighted by Crippen LogP contribution is 2.20. The quantitative estimate of drug-likeness (QED) is 0.555. The van der Waals surface area contributed by atoms with E-state index in [1.54, 1.807) is 11.8 Å². The zero-order valence-corrected chi connectivity index (χ0v) is 9.93. The maximum atomic E-state index is 11.1. The Morgan fingerprint density at radius 3 is 2.80 bits per heavy atom. The summed E-state index contributed by atoms with van der Waals surface area (Å²) in [6, 6.07) is 0.304. The molecule has 1 aliphatic carbocycles. The van der Waals surface area contributed by atoms with Crippen LogP contribution in [0.2, 0.25) is 0 Å². The summed E-state index contributed by atoms with van der Waals surface area (Å²) in [6.07, 6.45) is 3.06. The van der Waals surface area contributed by atoms with E-state index in [0.29, 0.717) is 6.04 Å². The summed E-state index contributed by atoms with van der Waals surface area (Å²) < 4.78 is 0. The topological polar surface area (TPSA) is 75.3 Å². The molecule has 0 aromatic carbocycles. The van der Waals surface area contributed by atoms with Crippen LogP contribution in [0, 0.1) is 0 Å². The number of primary amides is 1. The minimum atomic E-state index is -0.265. The highest BCUT2D eigenvalue weighted by molar-refractivity contribution is 7.99. The fraction of sp³-hybridized carbons (Fsp3) is 0.900. The fourth-order valence-electron chi connectivity index (χ4n) is 1.28. The maximum Gasteiger partial charge on any atom is 0.234 e. The van der Waals surface area contributed by atoms with Crippen LogP contribution in [0.1, 0.15) is 26.2 Å². The first-order valence-corrected chi connectivity index (χ1v) is 6.46. The van der Waals surface area contributed by atoms with E-state index < -0.39 is 0 Å². The molecule has 0 radical (unpaired) electrons. The van der Waals surface area contributed by atoms with E-state index in [1.807, 2.05) is 6.92 Å². The van der Waals surface area contributed by atoms with Crippen LogP contribution in [0.25, 0.3) is 0 Å². The first-order chi connectivity index (χ1) is 7.13. The van der Waals surface area contributed by atoms with Crippen LogP contribution < -0.4 is 11.1 Å². The number of nitrogens with two attached hydrogens (primary N) is 1. The van der Waals surface area contributed by atoms with Crippen LogP contribution in [0.4, 0.5) is 0 Å². The van der Waals surface area contributed by atoms with E-state index in [9.17, 15) is 4.79 Å². The summed E-state index contributed by atoms with van der Waals surface area (Å²) in [5.41, 5.74) is 5.30. The standard InChI is InChI=1S/C10H20N2O2S/c1-7(6-13)15-5-4-9(10(11)14)12-8-2-3-8/h7-9,12-13H,2-6H2,1H3,(H2,11,14). The molecule has 0 heterocycles. The maximum absolute atomic E-state index is 11.1. The Labute approximate surface area is 95.0 Å². The van der Waals surface area contributed by atoms with Crippen LogP contribution in [0.5, 0.6) is 0 Å². The average molecular weight is 232 g/mol. The monoisotopic (exact) mass is 232 g/mol. The number of aliphatic hydroxyl groups excluding tert-OH is 1. The second-order valence-electron chi connectivity index (χ2n) is 4.05. The molecule has 5 heteroatoms. The second kappa shape index (κ2) is 6.35. The zero-order valence-electron chi connectivity index (χ0n) is 9.11. The van der Waals surface area contributed by atoms with Crippen LogP contribution in [-0.4, -0.2) is 40.7 Å². The number of carbonyl (C=O) groups is 1. The van der Waals surface area contributed by atoms with Crippen molar-refractivity contribution in [3.8, 4) is 0 Å². The molecule has 2 atom stereocenters. The molecular weight excluding hydrogens is 212 g/mol. The van der Waals surface area contributed by atoms with Crippen LogP contribution in [0.3, 0.4) is 0 Å². The van der Waals surface area contributed by atoms with Gasteiger partial charge in [0.25, 0.3) is 0 Å². The molecular formula is C10H20N2O2S. The Balaban J connectivity index is 2.15. The Kier molecular flexibility index (Phi) is 5.42. The van der Waals surface area contributed by atoms with Crippen LogP contribution in [0.15, 0.2) is 0 Å². The lowest BCUT2D eigenvalue weighted by Crippen LogP contribution is -2.42. The van der Waals surface area contributed by atoms with Crippen molar-refractivity contribution in [3.05, 3.63) is 0 Å². The first kappa shape index (κ1) is 12.8. The van der Waals surface area contributed by atoms with Gasteiger partial charge in [-0.15, -0.1) is 0 Å². The molecule has 0 saturated heterocycles. The zero-order chi connectivity index (χ0) is 11.3. The molecule has 1 saturated carbocycles. The van der Waals surface area contributed by atoms with E-state index >= 15 is 0 Å². The molecule has 1 fully saturated rings. The summed E-state index contributed by atoms with van der Waals surface area (Å²) in [5, 5.41) is 12.3.